The normalized spacial score (nSPS) is 14.5. The Balaban J connectivity index is 1.61. The van der Waals surface area contributed by atoms with E-state index < -0.39 is 11.8 Å². The lowest BCUT2D eigenvalue weighted by molar-refractivity contribution is -0.123. The number of hydrogen-bond acceptors (Lipinski definition) is 4. The predicted molar refractivity (Wildman–Crippen MR) is 130 cm³/mol. The third-order valence-electron chi connectivity index (χ3n) is 5.22. The van der Waals surface area contributed by atoms with Gasteiger partial charge in [-0.2, -0.15) is 10.1 Å². The minimum atomic E-state index is -0.485. The fourth-order valence-electron chi connectivity index (χ4n) is 3.76. The van der Waals surface area contributed by atoms with Crippen LogP contribution < -0.4 is 4.74 Å². The number of halogens is 1. The second kappa shape index (κ2) is 9.43. The third kappa shape index (κ3) is 5.04. The van der Waals surface area contributed by atoms with Gasteiger partial charge in [-0.15, -0.1) is 0 Å². The van der Waals surface area contributed by atoms with E-state index in [2.05, 4.69) is 23.3 Å². The van der Waals surface area contributed by atoms with Crippen LogP contribution in [0.4, 0.5) is 0 Å². The summed E-state index contributed by atoms with van der Waals surface area (Å²) in [4.78, 5) is 25.8. The van der Waals surface area contributed by atoms with Crippen LogP contribution in [0.1, 0.15) is 39.5 Å². The number of rotatable bonds is 5. The van der Waals surface area contributed by atoms with Crippen molar-refractivity contribution in [1.82, 2.24) is 5.01 Å². The smallest absolute Gasteiger partial charge is 0.283 e. The van der Waals surface area contributed by atoms with Gasteiger partial charge in [0.1, 0.15) is 12.4 Å². The highest BCUT2D eigenvalue weighted by Gasteiger charge is 2.33. The van der Waals surface area contributed by atoms with E-state index in [-0.39, 0.29) is 0 Å². The number of carbonyl (C=O) groups is 2. The van der Waals surface area contributed by atoms with E-state index in [1.807, 2.05) is 13.8 Å². The molecule has 0 N–H and O–H groups in total. The maximum absolute atomic E-state index is 13.0. The minimum Gasteiger partial charge on any atom is -0.488 e. The lowest BCUT2D eigenvalue weighted by Crippen LogP contribution is -2.29. The maximum atomic E-state index is 13.0. The molecule has 1 aliphatic heterocycles. The van der Waals surface area contributed by atoms with Crippen LogP contribution in [0.15, 0.2) is 77.4 Å². The summed E-state index contributed by atoms with van der Waals surface area (Å²) in [5.74, 6) is -0.373. The molecule has 33 heavy (non-hydrogen) atoms. The molecular weight excluding hydrogens is 436 g/mol. The predicted octanol–water partition coefficient (Wildman–Crippen LogP) is 5.98. The number of aryl methyl sites for hydroxylation is 2. The fourth-order valence-corrected chi connectivity index (χ4v) is 3.94. The Bertz CT molecular complexity index is 1280. The van der Waals surface area contributed by atoms with Crippen LogP contribution >= 0.6 is 11.6 Å². The largest absolute Gasteiger partial charge is 0.488 e. The van der Waals surface area contributed by atoms with Crippen LogP contribution in [0.3, 0.4) is 0 Å². The first kappa shape index (κ1) is 22.5. The molecule has 0 radical (unpaired) electrons. The van der Waals surface area contributed by atoms with E-state index in [4.69, 9.17) is 16.3 Å². The Morgan fingerprint density at radius 1 is 1.00 bits per heavy atom. The van der Waals surface area contributed by atoms with Crippen LogP contribution in [-0.4, -0.2) is 22.5 Å². The van der Waals surface area contributed by atoms with Crippen molar-refractivity contribution < 1.29 is 14.3 Å². The van der Waals surface area contributed by atoms with Gasteiger partial charge in [0.05, 0.1) is 11.3 Å². The molecule has 0 atom stereocenters. The molecule has 0 unspecified atom stereocenters. The van der Waals surface area contributed by atoms with Gasteiger partial charge in [0.25, 0.3) is 11.8 Å². The van der Waals surface area contributed by atoms with Crippen LogP contribution in [0.2, 0.25) is 5.02 Å². The lowest BCUT2D eigenvalue weighted by atomic mass is 10.1. The Kier molecular flexibility index (Phi) is 6.43. The summed E-state index contributed by atoms with van der Waals surface area (Å²) in [5.41, 5.74) is 5.18. The van der Waals surface area contributed by atoms with Crippen LogP contribution in [0, 0.1) is 13.8 Å². The van der Waals surface area contributed by atoms with Gasteiger partial charge in [-0.3, -0.25) is 9.59 Å². The van der Waals surface area contributed by atoms with Gasteiger partial charge in [-0.25, -0.2) is 0 Å². The standard InChI is InChI=1S/C27H23ClN2O3/c1-17-11-18(2)13-20(12-17)16-33-25-10-9-23(28)14-22(25)15-24-19(3)29-30(27(24)32)26(31)21-7-5-4-6-8-21/h4-15H,16H2,1-3H3/b24-15+. The topological polar surface area (TPSA) is 59.0 Å². The number of benzene rings is 3. The van der Waals surface area contributed by atoms with E-state index >= 15 is 0 Å². The first-order chi connectivity index (χ1) is 15.8. The molecule has 4 rings (SSSR count). The van der Waals surface area contributed by atoms with Gasteiger partial charge in [0.2, 0.25) is 0 Å². The number of carbonyl (C=O) groups excluding carboxylic acids is 2. The summed E-state index contributed by atoms with van der Waals surface area (Å²) >= 11 is 6.23. The van der Waals surface area contributed by atoms with E-state index in [9.17, 15) is 9.59 Å². The SMILES string of the molecule is CC1=NN(C(=O)c2ccccc2)C(=O)/C1=C/c1cc(Cl)ccc1OCc1cc(C)cc(C)c1. The van der Waals surface area contributed by atoms with Crippen LogP contribution in [-0.2, 0) is 11.4 Å². The second-order valence-corrected chi connectivity index (χ2v) is 8.43. The van der Waals surface area contributed by atoms with Gasteiger partial charge in [-0.05, 0) is 62.7 Å². The Hall–Kier alpha value is -3.70. The molecule has 0 bridgehead atoms. The van der Waals surface area contributed by atoms with Gasteiger partial charge in [0, 0.05) is 16.1 Å². The molecule has 5 nitrogen and oxygen atoms in total. The van der Waals surface area contributed by atoms with Crippen molar-refractivity contribution in [2.45, 2.75) is 27.4 Å². The maximum Gasteiger partial charge on any atom is 0.283 e. The second-order valence-electron chi connectivity index (χ2n) is 8.00. The molecule has 2 amide bonds. The van der Waals surface area contributed by atoms with Gasteiger partial charge < -0.3 is 4.74 Å². The summed E-state index contributed by atoms with van der Waals surface area (Å²) in [7, 11) is 0. The molecule has 0 saturated heterocycles. The highest BCUT2D eigenvalue weighted by atomic mass is 35.5. The zero-order chi connectivity index (χ0) is 23.5. The van der Waals surface area contributed by atoms with Gasteiger partial charge in [-0.1, -0.05) is 59.1 Å². The summed E-state index contributed by atoms with van der Waals surface area (Å²) in [6.07, 6.45) is 1.67. The molecule has 3 aromatic carbocycles. The van der Waals surface area contributed by atoms with E-state index in [1.165, 1.54) is 11.1 Å². The molecule has 1 heterocycles. The molecular formula is C27H23ClN2O3. The van der Waals surface area contributed by atoms with Crippen molar-refractivity contribution in [3.05, 3.63) is 105 Å². The van der Waals surface area contributed by atoms with Gasteiger partial charge in [0.15, 0.2) is 0 Å². The number of imide groups is 1. The van der Waals surface area contributed by atoms with Crippen LogP contribution in [0.5, 0.6) is 5.75 Å². The van der Waals surface area contributed by atoms with Crippen LogP contribution in [0.25, 0.3) is 6.08 Å². The minimum absolute atomic E-state index is 0.317. The molecule has 0 saturated carbocycles. The highest BCUT2D eigenvalue weighted by molar-refractivity contribution is 6.32. The van der Waals surface area contributed by atoms with Crippen molar-refractivity contribution in [3.63, 3.8) is 0 Å². The summed E-state index contributed by atoms with van der Waals surface area (Å²) in [6, 6.07) is 20.1. The lowest BCUT2D eigenvalue weighted by Gasteiger charge is -2.12. The van der Waals surface area contributed by atoms with Crippen molar-refractivity contribution in [2.24, 2.45) is 5.10 Å². The van der Waals surface area contributed by atoms with E-state index in [0.29, 0.717) is 39.8 Å². The molecule has 3 aromatic rings. The van der Waals surface area contributed by atoms with E-state index in [0.717, 1.165) is 10.6 Å². The van der Waals surface area contributed by atoms with Crippen molar-refractivity contribution >= 4 is 35.2 Å². The number of amides is 2. The number of hydrazone groups is 1. The average Bonchev–Trinajstić information content (AvgIpc) is 3.06. The number of nitrogens with zero attached hydrogens (tertiary/aromatic N) is 2. The average molecular weight is 459 g/mol. The third-order valence-corrected chi connectivity index (χ3v) is 5.46. The molecule has 6 heteroatoms. The molecule has 0 spiro atoms. The quantitative estimate of drug-likeness (QED) is 0.349. The Morgan fingerprint density at radius 2 is 1.70 bits per heavy atom. The monoisotopic (exact) mass is 458 g/mol. The number of ether oxygens (including phenoxy) is 1. The van der Waals surface area contributed by atoms with E-state index in [1.54, 1.807) is 61.5 Å². The van der Waals surface area contributed by atoms with Gasteiger partial charge >= 0.3 is 0 Å². The fraction of sp³-hybridized carbons (Fsp3) is 0.148. The first-order valence-electron chi connectivity index (χ1n) is 10.5. The molecule has 166 valence electrons. The van der Waals surface area contributed by atoms with Crippen molar-refractivity contribution in [1.29, 1.82) is 0 Å². The zero-order valence-corrected chi connectivity index (χ0v) is 19.4. The van der Waals surface area contributed by atoms with Crippen molar-refractivity contribution in [3.8, 4) is 5.75 Å². The Labute approximate surface area is 197 Å². The summed E-state index contributed by atoms with van der Waals surface area (Å²) in [6.45, 7) is 6.17. The summed E-state index contributed by atoms with van der Waals surface area (Å²) in [5, 5.41) is 5.61. The zero-order valence-electron chi connectivity index (χ0n) is 18.6. The Morgan fingerprint density at radius 3 is 2.39 bits per heavy atom. The molecule has 1 aliphatic rings. The molecule has 0 aliphatic carbocycles. The number of hydrogen-bond donors (Lipinski definition) is 0. The van der Waals surface area contributed by atoms with Crippen molar-refractivity contribution in [2.75, 3.05) is 0 Å². The molecule has 0 fully saturated rings. The first-order valence-corrected chi connectivity index (χ1v) is 10.9. The summed E-state index contributed by atoms with van der Waals surface area (Å²) < 4.78 is 6.08. The highest BCUT2D eigenvalue weighted by Crippen LogP contribution is 2.29. The molecule has 0 aromatic heterocycles.